The molecule has 23 heavy (non-hydrogen) atoms. The SMILES string of the molecule is O=C(O)C1CCC(NC(=O)N2CC(O)(c3ccccc3)C2)CC1. The van der Waals surface area contributed by atoms with Crippen molar-refractivity contribution < 1.29 is 19.8 Å². The number of likely N-dealkylation sites (tertiary alicyclic amines) is 1. The number of carboxylic acid groups (broad SMARTS) is 1. The molecule has 0 atom stereocenters. The highest BCUT2D eigenvalue weighted by molar-refractivity contribution is 5.76. The summed E-state index contributed by atoms with van der Waals surface area (Å²) in [5.74, 6) is -1.03. The minimum Gasteiger partial charge on any atom is -0.481 e. The van der Waals surface area contributed by atoms with Crippen LogP contribution in [0.25, 0.3) is 0 Å². The van der Waals surface area contributed by atoms with Crippen molar-refractivity contribution in [3.05, 3.63) is 35.9 Å². The maximum atomic E-state index is 12.2. The van der Waals surface area contributed by atoms with Crippen molar-refractivity contribution in [3.8, 4) is 0 Å². The molecule has 1 aliphatic heterocycles. The zero-order chi connectivity index (χ0) is 16.4. The second-order valence-corrected chi connectivity index (χ2v) is 6.59. The monoisotopic (exact) mass is 318 g/mol. The number of hydrogen-bond acceptors (Lipinski definition) is 3. The number of hydrogen-bond donors (Lipinski definition) is 3. The van der Waals surface area contributed by atoms with Gasteiger partial charge in [0.25, 0.3) is 0 Å². The fourth-order valence-electron chi connectivity index (χ4n) is 3.41. The number of β-amino-alcohol motifs (C(OH)–C–C–N with tert-alkyl or cyclic N) is 1. The molecule has 1 saturated heterocycles. The summed E-state index contributed by atoms with van der Waals surface area (Å²) in [7, 11) is 0. The molecule has 2 fully saturated rings. The normalized spacial score (nSPS) is 26.2. The van der Waals surface area contributed by atoms with E-state index in [9.17, 15) is 14.7 Å². The van der Waals surface area contributed by atoms with Gasteiger partial charge in [0.05, 0.1) is 19.0 Å². The predicted molar refractivity (Wildman–Crippen MR) is 83.8 cm³/mol. The number of urea groups is 1. The summed E-state index contributed by atoms with van der Waals surface area (Å²) in [5.41, 5.74) is -0.134. The van der Waals surface area contributed by atoms with Gasteiger partial charge in [-0.15, -0.1) is 0 Å². The first-order valence-corrected chi connectivity index (χ1v) is 8.04. The Balaban J connectivity index is 1.47. The molecular formula is C17H22N2O4. The van der Waals surface area contributed by atoms with E-state index < -0.39 is 11.6 Å². The quantitative estimate of drug-likeness (QED) is 0.788. The number of carbonyl (C=O) groups is 2. The summed E-state index contributed by atoms with van der Waals surface area (Å²) in [5, 5.41) is 22.5. The van der Waals surface area contributed by atoms with Gasteiger partial charge < -0.3 is 20.4 Å². The van der Waals surface area contributed by atoms with E-state index in [1.807, 2.05) is 30.3 Å². The number of nitrogens with zero attached hydrogens (tertiary/aromatic N) is 1. The lowest BCUT2D eigenvalue weighted by atomic mass is 9.85. The average Bonchev–Trinajstić information content (AvgIpc) is 2.53. The molecule has 0 radical (unpaired) electrons. The largest absolute Gasteiger partial charge is 0.481 e. The Hall–Kier alpha value is -2.08. The van der Waals surface area contributed by atoms with Crippen molar-refractivity contribution in [3.63, 3.8) is 0 Å². The number of carboxylic acids is 1. The van der Waals surface area contributed by atoms with E-state index in [-0.39, 0.29) is 31.1 Å². The Morgan fingerprint density at radius 2 is 1.70 bits per heavy atom. The molecule has 1 saturated carbocycles. The third-order valence-corrected chi connectivity index (χ3v) is 4.91. The lowest BCUT2D eigenvalue weighted by Gasteiger charge is -2.47. The molecule has 3 rings (SSSR count). The molecule has 2 aliphatic rings. The minimum atomic E-state index is -0.959. The Morgan fingerprint density at radius 1 is 1.09 bits per heavy atom. The highest BCUT2D eigenvalue weighted by Crippen LogP contribution is 2.32. The highest BCUT2D eigenvalue weighted by atomic mass is 16.4. The van der Waals surface area contributed by atoms with Gasteiger partial charge in [-0.1, -0.05) is 30.3 Å². The molecule has 1 aromatic carbocycles. The molecule has 124 valence electrons. The summed E-state index contributed by atoms with van der Waals surface area (Å²) < 4.78 is 0. The third-order valence-electron chi connectivity index (χ3n) is 4.91. The van der Waals surface area contributed by atoms with Gasteiger partial charge in [0.1, 0.15) is 5.60 Å². The summed E-state index contributed by atoms with van der Waals surface area (Å²) in [6.07, 6.45) is 2.60. The Bertz CT molecular complexity index is 576. The first kappa shape index (κ1) is 15.8. The number of nitrogens with one attached hydrogen (secondary N) is 1. The van der Waals surface area contributed by atoms with E-state index in [1.54, 1.807) is 4.90 Å². The third kappa shape index (κ3) is 3.32. The lowest BCUT2D eigenvalue weighted by Crippen LogP contribution is -2.64. The molecule has 0 spiro atoms. The van der Waals surface area contributed by atoms with Gasteiger partial charge >= 0.3 is 12.0 Å². The van der Waals surface area contributed by atoms with Crippen LogP contribution in [0.4, 0.5) is 4.79 Å². The fourth-order valence-corrected chi connectivity index (χ4v) is 3.41. The number of aliphatic carboxylic acids is 1. The summed E-state index contributed by atoms with van der Waals surface area (Å²) >= 11 is 0. The van der Waals surface area contributed by atoms with Gasteiger partial charge in [-0.25, -0.2) is 4.79 Å². The van der Waals surface area contributed by atoms with Crippen LogP contribution in [0.15, 0.2) is 30.3 Å². The Morgan fingerprint density at radius 3 is 2.26 bits per heavy atom. The van der Waals surface area contributed by atoms with Gasteiger partial charge in [0.15, 0.2) is 0 Å². The van der Waals surface area contributed by atoms with E-state index in [1.165, 1.54) is 0 Å². The summed E-state index contributed by atoms with van der Waals surface area (Å²) in [4.78, 5) is 24.7. The fraction of sp³-hybridized carbons (Fsp3) is 0.529. The van der Waals surface area contributed by atoms with E-state index in [2.05, 4.69) is 5.32 Å². The van der Waals surface area contributed by atoms with E-state index >= 15 is 0 Å². The Kier molecular flexibility index (Phi) is 4.26. The molecule has 1 aromatic rings. The van der Waals surface area contributed by atoms with Gasteiger partial charge in [-0.3, -0.25) is 4.79 Å². The van der Waals surface area contributed by atoms with E-state index in [4.69, 9.17) is 5.11 Å². The second kappa shape index (κ2) is 6.20. The molecule has 1 heterocycles. The first-order chi connectivity index (χ1) is 11.0. The van der Waals surface area contributed by atoms with Crippen LogP contribution in [0.1, 0.15) is 31.2 Å². The van der Waals surface area contributed by atoms with Crippen molar-refractivity contribution >= 4 is 12.0 Å². The van der Waals surface area contributed by atoms with Crippen molar-refractivity contribution in [1.29, 1.82) is 0 Å². The number of amides is 2. The average molecular weight is 318 g/mol. The summed E-state index contributed by atoms with van der Waals surface area (Å²) in [6, 6.07) is 9.22. The van der Waals surface area contributed by atoms with Crippen molar-refractivity contribution in [2.75, 3.05) is 13.1 Å². The standard InChI is InChI=1S/C17H22N2O4/c20-15(21)12-6-8-14(9-7-12)18-16(22)19-10-17(23,11-19)13-4-2-1-3-5-13/h1-5,12,14,23H,6-11H2,(H,18,22)(H,20,21). The van der Waals surface area contributed by atoms with Gasteiger partial charge in [-0.05, 0) is 31.2 Å². The molecular weight excluding hydrogens is 296 g/mol. The van der Waals surface area contributed by atoms with Crippen LogP contribution in [0.3, 0.4) is 0 Å². The second-order valence-electron chi connectivity index (χ2n) is 6.59. The van der Waals surface area contributed by atoms with Crippen LogP contribution in [0.5, 0.6) is 0 Å². The van der Waals surface area contributed by atoms with Crippen LogP contribution < -0.4 is 5.32 Å². The zero-order valence-electron chi connectivity index (χ0n) is 12.9. The maximum absolute atomic E-state index is 12.2. The van der Waals surface area contributed by atoms with Crippen LogP contribution in [0, 0.1) is 5.92 Å². The van der Waals surface area contributed by atoms with Crippen LogP contribution in [-0.2, 0) is 10.4 Å². The minimum absolute atomic E-state index is 0.0310. The predicted octanol–water partition coefficient (Wildman–Crippen LogP) is 1.54. The van der Waals surface area contributed by atoms with E-state index in [0.29, 0.717) is 25.7 Å². The van der Waals surface area contributed by atoms with Gasteiger partial charge in [0.2, 0.25) is 0 Å². The number of carbonyl (C=O) groups excluding carboxylic acids is 1. The topological polar surface area (TPSA) is 89.9 Å². The maximum Gasteiger partial charge on any atom is 0.317 e. The zero-order valence-corrected chi connectivity index (χ0v) is 12.9. The van der Waals surface area contributed by atoms with Gasteiger partial charge in [0, 0.05) is 6.04 Å². The molecule has 0 aromatic heterocycles. The lowest BCUT2D eigenvalue weighted by molar-refractivity contribution is -0.142. The molecule has 2 amide bonds. The van der Waals surface area contributed by atoms with Crippen molar-refractivity contribution in [1.82, 2.24) is 10.2 Å². The molecule has 6 nitrogen and oxygen atoms in total. The summed E-state index contributed by atoms with van der Waals surface area (Å²) in [6.45, 7) is 0.570. The smallest absolute Gasteiger partial charge is 0.317 e. The van der Waals surface area contributed by atoms with Crippen LogP contribution in [0.2, 0.25) is 0 Å². The molecule has 3 N–H and O–H groups in total. The number of benzene rings is 1. The van der Waals surface area contributed by atoms with Crippen molar-refractivity contribution in [2.45, 2.75) is 37.3 Å². The number of aliphatic hydroxyl groups is 1. The molecule has 0 unspecified atom stereocenters. The Labute approximate surface area is 135 Å². The van der Waals surface area contributed by atoms with Gasteiger partial charge in [-0.2, -0.15) is 0 Å². The van der Waals surface area contributed by atoms with E-state index in [0.717, 1.165) is 5.56 Å². The molecule has 6 heteroatoms. The molecule has 0 bridgehead atoms. The highest BCUT2D eigenvalue weighted by Gasteiger charge is 2.45. The van der Waals surface area contributed by atoms with Crippen molar-refractivity contribution in [2.24, 2.45) is 5.92 Å². The number of rotatable bonds is 3. The van der Waals surface area contributed by atoms with Crippen LogP contribution >= 0.6 is 0 Å². The molecule has 1 aliphatic carbocycles. The first-order valence-electron chi connectivity index (χ1n) is 8.04. The van der Waals surface area contributed by atoms with Crippen LogP contribution in [-0.4, -0.2) is 46.2 Å².